The number of anilines is 1. The van der Waals surface area contributed by atoms with Gasteiger partial charge in [0.15, 0.2) is 5.76 Å². The van der Waals surface area contributed by atoms with E-state index in [-0.39, 0.29) is 0 Å². The highest BCUT2D eigenvalue weighted by molar-refractivity contribution is 5.53. The largest absolute Gasteiger partial charge is 0.497 e. The van der Waals surface area contributed by atoms with Crippen LogP contribution in [0.15, 0.2) is 30.0 Å². The number of ether oxygens (including phenoxy) is 2. The number of rotatable bonds is 5. The van der Waals surface area contributed by atoms with E-state index in [1.165, 1.54) is 5.56 Å². The number of hydrogen-bond acceptors (Lipinski definition) is 3. The zero-order valence-electron chi connectivity index (χ0n) is 11.6. The van der Waals surface area contributed by atoms with Gasteiger partial charge in [-0.25, -0.2) is 0 Å². The molecule has 0 spiro atoms. The molecular formula is C16H19NO2. The molecule has 1 aliphatic carbocycles. The molecule has 1 aromatic carbocycles. The minimum Gasteiger partial charge on any atom is -0.497 e. The first-order valence-corrected chi connectivity index (χ1v) is 6.37. The number of aryl methyl sites for hydroxylation is 1. The molecule has 0 saturated heterocycles. The second kappa shape index (κ2) is 6.19. The van der Waals surface area contributed by atoms with Gasteiger partial charge in [-0.3, -0.25) is 0 Å². The van der Waals surface area contributed by atoms with E-state index in [1.807, 2.05) is 24.3 Å². The summed E-state index contributed by atoms with van der Waals surface area (Å²) in [7, 11) is 3.33. The van der Waals surface area contributed by atoms with Crippen molar-refractivity contribution in [2.45, 2.75) is 13.3 Å². The van der Waals surface area contributed by atoms with Crippen molar-refractivity contribution in [3.8, 4) is 17.6 Å². The molecule has 0 bridgehead atoms. The molecule has 19 heavy (non-hydrogen) atoms. The first-order chi connectivity index (χ1) is 9.22. The van der Waals surface area contributed by atoms with Gasteiger partial charge in [0.1, 0.15) is 5.75 Å². The van der Waals surface area contributed by atoms with E-state index in [4.69, 9.17) is 9.47 Å². The summed E-state index contributed by atoms with van der Waals surface area (Å²) in [6.45, 7) is 2.91. The number of benzene rings is 1. The van der Waals surface area contributed by atoms with Gasteiger partial charge in [-0.15, -0.1) is 0 Å². The molecule has 1 N–H and O–H groups in total. The predicted molar refractivity (Wildman–Crippen MR) is 77.2 cm³/mol. The third-order valence-electron chi connectivity index (χ3n) is 3.18. The molecule has 3 nitrogen and oxygen atoms in total. The normalized spacial score (nSPS) is 17.0. The van der Waals surface area contributed by atoms with Crippen molar-refractivity contribution in [1.82, 2.24) is 0 Å². The Bertz CT molecular complexity index is 537. The van der Waals surface area contributed by atoms with Gasteiger partial charge >= 0.3 is 0 Å². The Morgan fingerprint density at radius 1 is 1.32 bits per heavy atom. The van der Waals surface area contributed by atoms with Crippen molar-refractivity contribution in [2.24, 2.45) is 5.92 Å². The van der Waals surface area contributed by atoms with Crippen LogP contribution in [0.4, 0.5) is 5.69 Å². The molecule has 1 aromatic rings. The molecule has 0 saturated carbocycles. The zero-order chi connectivity index (χ0) is 13.7. The number of allylic oxidation sites excluding steroid dienone is 2. The summed E-state index contributed by atoms with van der Waals surface area (Å²) in [6.07, 6.45) is 2.97. The lowest BCUT2D eigenvalue weighted by molar-refractivity contribution is 0.307. The standard InChI is InChI=1S/C16H19NO2/c1-12-10-15(19-3)8-9-16(12)17-11-13-4-6-14(18-2)7-5-13/h6,8-10,13,17H,4,11H2,1-3H3. The quantitative estimate of drug-likeness (QED) is 0.823. The van der Waals surface area contributed by atoms with Gasteiger partial charge in [0.2, 0.25) is 0 Å². The molecule has 0 amide bonds. The van der Waals surface area contributed by atoms with Gasteiger partial charge in [-0.05, 0) is 49.1 Å². The van der Waals surface area contributed by atoms with Crippen molar-refractivity contribution in [1.29, 1.82) is 0 Å². The molecule has 1 aliphatic rings. The van der Waals surface area contributed by atoms with Gasteiger partial charge in [0.25, 0.3) is 0 Å². The van der Waals surface area contributed by atoms with E-state index in [0.29, 0.717) is 5.92 Å². The third kappa shape index (κ3) is 3.45. The molecule has 2 rings (SSSR count). The number of methoxy groups -OCH3 is 2. The minimum absolute atomic E-state index is 0.334. The zero-order valence-corrected chi connectivity index (χ0v) is 11.6. The van der Waals surface area contributed by atoms with Gasteiger partial charge < -0.3 is 14.8 Å². The molecule has 0 radical (unpaired) electrons. The van der Waals surface area contributed by atoms with Crippen molar-refractivity contribution >= 4 is 5.69 Å². The Balaban J connectivity index is 1.92. The first-order valence-electron chi connectivity index (χ1n) is 6.37. The Labute approximate surface area is 114 Å². The highest BCUT2D eigenvalue weighted by atomic mass is 16.5. The Morgan fingerprint density at radius 3 is 2.74 bits per heavy atom. The van der Waals surface area contributed by atoms with E-state index in [9.17, 15) is 0 Å². The lowest BCUT2D eigenvalue weighted by Crippen LogP contribution is -2.14. The van der Waals surface area contributed by atoms with E-state index in [0.717, 1.165) is 30.2 Å². The number of hydrogen-bond donors (Lipinski definition) is 1. The Morgan fingerprint density at radius 2 is 2.16 bits per heavy atom. The highest BCUT2D eigenvalue weighted by Crippen LogP contribution is 2.22. The molecule has 1 unspecified atom stereocenters. The molecule has 0 fully saturated rings. The monoisotopic (exact) mass is 257 g/mol. The molecular weight excluding hydrogens is 238 g/mol. The maximum absolute atomic E-state index is 5.20. The summed E-state index contributed by atoms with van der Waals surface area (Å²) >= 11 is 0. The van der Waals surface area contributed by atoms with Crippen molar-refractivity contribution < 1.29 is 9.47 Å². The van der Waals surface area contributed by atoms with Crippen LogP contribution in [0.2, 0.25) is 0 Å². The van der Waals surface area contributed by atoms with Crippen LogP contribution in [-0.2, 0) is 4.74 Å². The predicted octanol–water partition coefficient (Wildman–Crippen LogP) is 2.97. The van der Waals surface area contributed by atoms with Crippen molar-refractivity contribution in [3.63, 3.8) is 0 Å². The van der Waals surface area contributed by atoms with Gasteiger partial charge in [0.05, 0.1) is 14.2 Å². The third-order valence-corrected chi connectivity index (χ3v) is 3.18. The maximum Gasteiger partial charge on any atom is 0.165 e. The van der Waals surface area contributed by atoms with E-state index < -0.39 is 0 Å². The van der Waals surface area contributed by atoms with Crippen LogP contribution < -0.4 is 10.1 Å². The lowest BCUT2D eigenvalue weighted by atomic mass is 10.0. The molecule has 0 aromatic heterocycles. The summed E-state index contributed by atoms with van der Waals surface area (Å²) in [5, 5.41) is 3.44. The summed E-state index contributed by atoms with van der Waals surface area (Å²) in [5.41, 5.74) is 2.31. The van der Waals surface area contributed by atoms with Gasteiger partial charge in [-0.2, -0.15) is 0 Å². The number of nitrogens with one attached hydrogen (secondary N) is 1. The van der Waals surface area contributed by atoms with Gasteiger partial charge in [-0.1, -0.05) is 5.92 Å². The van der Waals surface area contributed by atoms with Crippen LogP contribution in [-0.4, -0.2) is 20.8 Å². The van der Waals surface area contributed by atoms with Crippen LogP contribution in [0.3, 0.4) is 0 Å². The van der Waals surface area contributed by atoms with Crippen molar-refractivity contribution in [2.75, 3.05) is 26.1 Å². The summed E-state index contributed by atoms with van der Waals surface area (Å²) in [4.78, 5) is 0. The second-order valence-electron chi connectivity index (χ2n) is 4.54. The molecule has 100 valence electrons. The van der Waals surface area contributed by atoms with Crippen LogP contribution in [0, 0.1) is 24.7 Å². The van der Waals surface area contributed by atoms with Crippen LogP contribution in [0.25, 0.3) is 0 Å². The molecule has 0 aliphatic heterocycles. The minimum atomic E-state index is 0.334. The van der Waals surface area contributed by atoms with Gasteiger partial charge in [0, 0.05) is 18.2 Å². The maximum atomic E-state index is 5.20. The van der Waals surface area contributed by atoms with Crippen LogP contribution >= 0.6 is 0 Å². The van der Waals surface area contributed by atoms with E-state index in [1.54, 1.807) is 14.2 Å². The summed E-state index contributed by atoms with van der Waals surface area (Å²) in [6, 6.07) is 6.03. The average molecular weight is 257 g/mol. The SMILES string of the molecule is COC1=CCC(CNc2ccc(OC)cc2C)C#C1. The molecule has 3 heteroatoms. The van der Waals surface area contributed by atoms with E-state index in [2.05, 4.69) is 24.1 Å². The van der Waals surface area contributed by atoms with Crippen molar-refractivity contribution in [3.05, 3.63) is 35.6 Å². The molecule has 0 heterocycles. The smallest absolute Gasteiger partial charge is 0.165 e. The second-order valence-corrected chi connectivity index (χ2v) is 4.54. The fraction of sp³-hybridized carbons (Fsp3) is 0.375. The Hall–Kier alpha value is -2.08. The average Bonchev–Trinajstić information content (AvgIpc) is 2.46. The lowest BCUT2D eigenvalue weighted by Gasteiger charge is -2.16. The first kappa shape index (κ1) is 13.4. The topological polar surface area (TPSA) is 30.5 Å². The van der Waals surface area contributed by atoms with E-state index >= 15 is 0 Å². The van der Waals surface area contributed by atoms with Crippen LogP contribution in [0.1, 0.15) is 12.0 Å². The fourth-order valence-electron chi connectivity index (χ4n) is 2.00. The Kier molecular flexibility index (Phi) is 4.35. The molecule has 1 atom stereocenters. The highest BCUT2D eigenvalue weighted by Gasteiger charge is 2.09. The summed E-state index contributed by atoms with van der Waals surface area (Å²) < 4.78 is 10.3. The van der Waals surface area contributed by atoms with Crippen LogP contribution in [0.5, 0.6) is 5.75 Å². The fourth-order valence-corrected chi connectivity index (χ4v) is 2.00. The summed E-state index contributed by atoms with van der Waals surface area (Å²) in [5.74, 6) is 8.21.